The molecule has 5 nitrogen and oxygen atoms in total. The molecule has 5 atom stereocenters. The first-order valence-corrected chi connectivity index (χ1v) is 9.64. The van der Waals surface area contributed by atoms with Crippen LogP contribution in [0, 0.1) is 0 Å². The van der Waals surface area contributed by atoms with Crippen LogP contribution in [0.2, 0.25) is 0 Å². The molecule has 0 heterocycles. The van der Waals surface area contributed by atoms with E-state index in [0.717, 1.165) is 32.1 Å². The SMILES string of the molecule is CCC(C)[O-].CCC(C)[O-].CCC(C)[O-].CCC(C)[O-].CCC(C)[O-].[V+5]. The van der Waals surface area contributed by atoms with E-state index in [0.29, 0.717) is 0 Å². The molecule has 0 aromatic rings. The molecule has 0 bridgehead atoms. The van der Waals surface area contributed by atoms with Gasteiger partial charge in [-0.2, -0.15) is 0 Å². The third-order valence-electron chi connectivity index (χ3n) is 2.87. The molecule has 5 unspecified atom stereocenters. The Morgan fingerprint density at radius 1 is 0.385 bits per heavy atom. The molecule has 0 N–H and O–H groups in total. The fraction of sp³-hybridized carbons (Fsp3) is 1.00. The molecular weight excluding hydrogens is 371 g/mol. The van der Waals surface area contributed by atoms with Crippen LogP contribution < -0.4 is 25.5 Å². The van der Waals surface area contributed by atoms with E-state index < -0.39 is 0 Å². The zero-order valence-corrected chi connectivity index (χ0v) is 20.3. The predicted molar refractivity (Wildman–Crippen MR) is 98.8 cm³/mol. The molecule has 0 fully saturated rings. The second-order valence-corrected chi connectivity index (χ2v) is 6.09. The minimum atomic E-state index is -0.366. The summed E-state index contributed by atoms with van der Waals surface area (Å²) in [6.45, 7) is 17.8. The zero-order chi connectivity index (χ0) is 21.4. The molecule has 0 aliphatic heterocycles. The minimum Gasteiger partial charge on any atom is -0.852 e. The molecule has 0 radical (unpaired) electrons. The van der Waals surface area contributed by atoms with Crippen LogP contribution in [0.15, 0.2) is 0 Å². The van der Waals surface area contributed by atoms with Crippen molar-refractivity contribution >= 4 is 0 Å². The molecule has 0 amide bonds. The Morgan fingerprint density at radius 3 is 0.423 bits per heavy atom. The summed E-state index contributed by atoms with van der Waals surface area (Å²) in [6, 6.07) is 0. The van der Waals surface area contributed by atoms with Gasteiger partial charge in [-0.25, -0.2) is 0 Å². The van der Waals surface area contributed by atoms with Gasteiger partial charge in [-0.15, -0.1) is 30.5 Å². The summed E-state index contributed by atoms with van der Waals surface area (Å²) >= 11 is 0. The van der Waals surface area contributed by atoms with Crippen LogP contribution in [0.25, 0.3) is 0 Å². The Labute approximate surface area is 176 Å². The Kier molecular flexibility index (Phi) is 57.2. The fourth-order valence-electron chi connectivity index (χ4n) is 0. The summed E-state index contributed by atoms with van der Waals surface area (Å²) in [5.74, 6) is 0. The van der Waals surface area contributed by atoms with Gasteiger partial charge in [0.2, 0.25) is 0 Å². The van der Waals surface area contributed by atoms with Crippen LogP contribution in [-0.2, 0) is 18.6 Å². The summed E-state index contributed by atoms with van der Waals surface area (Å²) in [7, 11) is 0. The van der Waals surface area contributed by atoms with Crippen molar-refractivity contribution in [3.8, 4) is 0 Å². The molecule has 0 aromatic carbocycles. The van der Waals surface area contributed by atoms with Gasteiger partial charge in [-0.1, -0.05) is 101 Å². The minimum absolute atomic E-state index is 0. The summed E-state index contributed by atoms with van der Waals surface area (Å²) < 4.78 is 0. The summed E-state index contributed by atoms with van der Waals surface area (Å²) in [5.41, 5.74) is 0. The standard InChI is InChI=1S/5C4H9O.V/c5*1-3-4(2)5;/h5*4H,3H2,1-2H3;/q5*-1;+5. The van der Waals surface area contributed by atoms with Crippen LogP contribution in [-0.4, -0.2) is 30.5 Å². The molecule has 0 saturated carbocycles. The fourth-order valence-corrected chi connectivity index (χ4v) is 0. The van der Waals surface area contributed by atoms with Crippen molar-refractivity contribution in [3.05, 3.63) is 0 Å². The molecule has 26 heavy (non-hydrogen) atoms. The molecule has 0 aliphatic carbocycles. The molecule has 160 valence electrons. The molecule has 0 rings (SSSR count). The molecule has 0 spiro atoms. The van der Waals surface area contributed by atoms with Gasteiger partial charge in [-0.3, -0.25) is 0 Å². The van der Waals surface area contributed by atoms with Crippen molar-refractivity contribution in [2.75, 3.05) is 0 Å². The maximum atomic E-state index is 9.90. The second kappa shape index (κ2) is 36.3. The van der Waals surface area contributed by atoms with Gasteiger partial charge in [-0.05, 0) is 0 Å². The second-order valence-electron chi connectivity index (χ2n) is 6.09. The average Bonchev–Trinajstić information content (AvgIpc) is 2.56. The Bertz CT molecular complexity index is 141. The van der Waals surface area contributed by atoms with Crippen molar-refractivity contribution in [2.45, 2.75) is 132 Å². The third-order valence-corrected chi connectivity index (χ3v) is 2.87. The maximum absolute atomic E-state index is 9.90. The van der Waals surface area contributed by atoms with E-state index in [9.17, 15) is 25.5 Å². The largest absolute Gasteiger partial charge is 5.00 e. The third kappa shape index (κ3) is 124. The monoisotopic (exact) mass is 416 g/mol. The van der Waals surface area contributed by atoms with Gasteiger partial charge in [0.25, 0.3) is 0 Å². The number of hydrogen-bond donors (Lipinski definition) is 0. The van der Waals surface area contributed by atoms with Gasteiger partial charge in [0.05, 0.1) is 0 Å². The summed E-state index contributed by atoms with van der Waals surface area (Å²) in [6.07, 6.45) is 1.92. The Morgan fingerprint density at radius 2 is 0.423 bits per heavy atom. The van der Waals surface area contributed by atoms with Crippen molar-refractivity contribution < 1.29 is 44.1 Å². The van der Waals surface area contributed by atoms with E-state index in [-0.39, 0.29) is 49.1 Å². The normalized spacial score (nSPS) is 14.4. The van der Waals surface area contributed by atoms with Crippen LogP contribution in [0.4, 0.5) is 0 Å². The first-order valence-electron chi connectivity index (χ1n) is 9.64. The molecule has 0 aliphatic rings. The number of hydrogen-bond acceptors (Lipinski definition) is 5. The maximum Gasteiger partial charge on any atom is 5.00 e. The van der Waals surface area contributed by atoms with E-state index in [1.54, 1.807) is 34.6 Å². The van der Waals surface area contributed by atoms with Crippen LogP contribution >= 0.6 is 0 Å². The quantitative estimate of drug-likeness (QED) is 0.655. The molecule has 0 aromatic heterocycles. The van der Waals surface area contributed by atoms with E-state index >= 15 is 0 Å². The van der Waals surface area contributed by atoms with Crippen LogP contribution in [0.1, 0.15) is 101 Å². The first-order chi connectivity index (χ1) is 11.4. The summed E-state index contributed by atoms with van der Waals surface area (Å²) in [4.78, 5) is 0. The van der Waals surface area contributed by atoms with E-state index in [4.69, 9.17) is 0 Å². The van der Waals surface area contributed by atoms with Crippen LogP contribution in [0.3, 0.4) is 0 Å². The molecule has 6 heteroatoms. The van der Waals surface area contributed by atoms with E-state index in [2.05, 4.69) is 0 Å². The van der Waals surface area contributed by atoms with E-state index in [1.165, 1.54) is 0 Å². The van der Waals surface area contributed by atoms with Crippen molar-refractivity contribution in [3.63, 3.8) is 0 Å². The van der Waals surface area contributed by atoms with Crippen molar-refractivity contribution in [1.29, 1.82) is 0 Å². The average molecular weight is 417 g/mol. The Hall–Kier alpha value is 0.384. The summed E-state index contributed by atoms with van der Waals surface area (Å²) in [5, 5.41) is 49.5. The van der Waals surface area contributed by atoms with Gasteiger partial charge >= 0.3 is 18.6 Å². The zero-order valence-electron chi connectivity index (χ0n) is 18.9. The smallest absolute Gasteiger partial charge is 0.852 e. The Balaban J connectivity index is -0.0000000476. The van der Waals surface area contributed by atoms with Gasteiger partial charge in [0.1, 0.15) is 0 Å². The first kappa shape index (κ1) is 40.9. The molecule has 0 saturated heterocycles. The van der Waals surface area contributed by atoms with Crippen LogP contribution in [0.5, 0.6) is 0 Å². The number of rotatable bonds is 5. The van der Waals surface area contributed by atoms with Crippen molar-refractivity contribution in [1.82, 2.24) is 0 Å². The van der Waals surface area contributed by atoms with E-state index in [1.807, 2.05) is 34.6 Å². The van der Waals surface area contributed by atoms with Crippen molar-refractivity contribution in [2.24, 2.45) is 0 Å². The van der Waals surface area contributed by atoms with Gasteiger partial charge in [0.15, 0.2) is 0 Å². The van der Waals surface area contributed by atoms with Gasteiger partial charge < -0.3 is 25.5 Å². The topological polar surface area (TPSA) is 115 Å². The predicted octanol–water partition coefficient (Wildman–Crippen LogP) is 0.724. The van der Waals surface area contributed by atoms with Gasteiger partial charge in [0, 0.05) is 0 Å². The molecular formula is C20H45O5V.